The maximum Gasteiger partial charge on any atom is 0.235 e. The maximum atomic E-state index is 11.3. The first-order valence-corrected chi connectivity index (χ1v) is 6.77. The van der Waals surface area contributed by atoms with E-state index < -0.39 is 10.0 Å². The van der Waals surface area contributed by atoms with Gasteiger partial charge in [0.15, 0.2) is 0 Å². The molecular formula is C8H15N3O3S. The lowest BCUT2D eigenvalue weighted by molar-refractivity contribution is -0.119. The van der Waals surface area contributed by atoms with Crippen molar-refractivity contribution in [2.24, 2.45) is 0 Å². The second-order valence-corrected chi connectivity index (χ2v) is 6.13. The van der Waals surface area contributed by atoms with Gasteiger partial charge in [-0.15, -0.1) is 0 Å². The van der Waals surface area contributed by atoms with Crippen LogP contribution in [0.3, 0.4) is 0 Å². The normalized spacial score (nSPS) is 26.9. The van der Waals surface area contributed by atoms with Gasteiger partial charge in [-0.05, 0) is 12.8 Å². The number of hydrogen-bond acceptors (Lipinski definition) is 4. The summed E-state index contributed by atoms with van der Waals surface area (Å²) in [5.74, 6) is -0.0113. The smallest absolute Gasteiger partial charge is 0.235 e. The Hall–Kier alpha value is -0.660. The number of nitrogens with zero attached hydrogens (tertiary/aromatic N) is 1. The number of amides is 1. The summed E-state index contributed by atoms with van der Waals surface area (Å²) in [6.45, 7) is 1.26. The van der Waals surface area contributed by atoms with E-state index in [9.17, 15) is 13.2 Å². The molecule has 2 aliphatic heterocycles. The van der Waals surface area contributed by atoms with Crippen LogP contribution in [-0.2, 0) is 14.8 Å². The minimum Gasteiger partial charge on any atom is -0.337 e. The van der Waals surface area contributed by atoms with E-state index in [4.69, 9.17) is 0 Å². The number of nitrogens with one attached hydrogen (secondary N) is 2. The molecular weight excluding hydrogens is 218 g/mol. The van der Waals surface area contributed by atoms with Gasteiger partial charge in [-0.3, -0.25) is 10.1 Å². The van der Waals surface area contributed by atoms with Gasteiger partial charge >= 0.3 is 0 Å². The Balaban J connectivity index is 2.01. The number of rotatable bonds is 1. The molecule has 0 aromatic heterocycles. The Labute approximate surface area is 89.1 Å². The van der Waals surface area contributed by atoms with Crippen molar-refractivity contribution in [3.63, 3.8) is 0 Å². The second-order valence-electron chi connectivity index (χ2n) is 4.15. The third kappa shape index (κ3) is 2.14. The highest BCUT2D eigenvalue weighted by Gasteiger charge is 2.41. The van der Waals surface area contributed by atoms with Gasteiger partial charge in [-0.25, -0.2) is 12.7 Å². The standard InChI is InChI=1S/C8H15N3O3S/c1-15(13,14)11-4-2-8(3-5-11)9-6-7(12)10-8/h9H,2-6H2,1H3,(H,10,12). The van der Waals surface area contributed by atoms with Gasteiger partial charge in [-0.2, -0.15) is 0 Å². The van der Waals surface area contributed by atoms with E-state index in [0.29, 0.717) is 32.5 Å². The predicted molar refractivity (Wildman–Crippen MR) is 54.5 cm³/mol. The highest BCUT2D eigenvalue weighted by molar-refractivity contribution is 7.88. The van der Waals surface area contributed by atoms with Crippen molar-refractivity contribution in [3.05, 3.63) is 0 Å². The van der Waals surface area contributed by atoms with Crippen molar-refractivity contribution in [3.8, 4) is 0 Å². The van der Waals surface area contributed by atoms with Crippen molar-refractivity contribution >= 4 is 15.9 Å². The summed E-state index contributed by atoms with van der Waals surface area (Å²) in [6, 6.07) is 0. The van der Waals surface area contributed by atoms with Crippen LogP contribution in [0.15, 0.2) is 0 Å². The van der Waals surface area contributed by atoms with Crippen molar-refractivity contribution in [1.29, 1.82) is 0 Å². The Morgan fingerprint density at radius 2 is 1.93 bits per heavy atom. The van der Waals surface area contributed by atoms with Crippen LogP contribution in [0.1, 0.15) is 12.8 Å². The third-order valence-corrected chi connectivity index (χ3v) is 4.31. The lowest BCUT2D eigenvalue weighted by Gasteiger charge is -2.37. The molecule has 0 radical (unpaired) electrons. The molecule has 0 atom stereocenters. The maximum absolute atomic E-state index is 11.3. The minimum absolute atomic E-state index is 0.0113. The molecule has 7 heteroatoms. The molecule has 2 heterocycles. The monoisotopic (exact) mass is 233 g/mol. The number of hydrogen-bond donors (Lipinski definition) is 2. The molecule has 0 saturated carbocycles. The van der Waals surface area contributed by atoms with E-state index in [-0.39, 0.29) is 11.6 Å². The molecule has 0 aliphatic carbocycles. The first-order chi connectivity index (χ1) is 6.91. The Bertz CT molecular complexity index is 371. The predicted octanol–water partition coefficient (Wildman–Crippen LogP) is -1.54. The Kier molecular flexibility index (Phi) is 2.48. The van der Waals surface area contributed by atoms with E-state index in [1.165, 1.54) is 10.6 Å². The molecule has 0 bridgehead atoms. The molecule has 1 amide bonds. The molecule has 0 aromatic rings. The fourth-order valence-corrected chi connectivity index (χ4v) is 2.95. The number of piperidine rings is 1. The zero-order chi connectivity index (χ0) is 11.1. The van der Waals surface area contributed by atoms with Gasteiger partial charge in [0.1, 0.15) is 0 Å². The lowest BCUT2D eigenvalue weighted by atomic mass is 9.99. The number of carbonyl (C=O) groups is 1. The molecule has 0 aromatic carbocycles. The summed E-state index contributed by atoms with van der Waals surface area (Å²) in [6.07, 6.45) is 2.48. The molecule has 1 spiro atoms. The lowest BCUT2D eigenvalue weighted by Crippen LogP contribution is -2.57. The molecule has 0 unspecified atom stereocenters. The van der Waals surface area contributed by atoms with Gasteiger partial charge in [0.2, 0.25) is 15.9 Å². The van der Waals surface area contributed by atoms with Gasteiger partial charge in [-0.1, -0.05) is 0 Å². The largest absolute Gasteiger partial charge is 0.337 e. The van der Waals surface area contributed by atoms with Crippen LogP contribution in [0.4, 0.5) is 0 Å². The summed E-state index contributed by atoms with van der Waals surface area (Å²) < 4.78 is 24.0. The first-order valence-electron chi connectivity index (χ1n) is 4.92. The summed E-state index contributed by atoms with van der Waals surface area (Å²) in [7, 11) is -3.09. The van der Waals surface area contributed by atoms with Crippen molar-refractivity contribution in [2.75, 3.05) is 25.9 Å². The average molecular weight is 233 g/mol. The Morgan fingerprint density at radius 1 is 1.33 bits per heavy atom. The average Bonchev–Trinajstić information content (AvgIpc) is 2.47. The van der Waals surface area contributed by atoms with E-state index in [1.54, 1.807) is 0 Å². The van der Waals surface area contributed by atoms with Crippen molar-refractivity contribution in [2.45, 2.75) is 18.5 Å². The second kappa shape index (κ2) is 3.43. The van der Waals surface area contributed by atoms with Crippen LogP contribution in [0.5, 0.6) is 0 Å². The molecule has 6 nitrogen and oxygen atoms in total. The molecule has 2 aliphatic rings. The van der Waals surface area contributed by atoms with Crippen LogP contribution in [0, 0.1) is 0 Å². The van der Waals surface area contributed by atoms with E-state index >= 15 is 0 Å². The fraction of sp³-hybridized carbons (Fsp3) is 0.875. The van der Waals surface area contributed by atoms with E-state index in [1.807, 2.05) is 0 Å². The van der Waals surface area contributed by atoms with Crippen LogP contribution in [0.25, 0.3) is 0 Å². The van der Waals surface area contributed by atoms with Crippen LogP contribution in [0.2, 0.25) is 0 Å². The van der Waals surface area contributed by atoms with E-state index in [2.05, 4.69) is 10.6 Å². The van der Waals surface area contributed by atoms with E-state index in [0.717, 1.165) is 0 Å². The SMILES string of the molecule is CS(=O)(=O)N1CCC2(CC1)NCC(=O)N2. The zero-order valence-corrected chi connectivity index (χ0v) is 9.43. The fourth-order valence-electron chi connectivity index (χ4n) is 2.11. The Morgan fingerprint density at radius 3 is 2.33 bits per heavy atom. The quantitative estimate of drug-likeness (QED) is 0.575. The molecule has 2 N–H and O–H groups in total. The van der Waals surface area contributed by atoms with Crippen LogP contribution in [-0.4, -0.2) is 50.2 Å². The van der Waals surface area contributed by atoms with Gasteiger partial charge < -0.3 is 5.32 Å². The molecule has 2 fully saturated rings. The van der Waals surface area contributed by atoms with Crippen molar-refractivity contribution in [1.82, 2.24) is 14.9 Å². The third-order valence-electron chi connectivity index (χ3n) is 3.01. The highest BCUT2D eigenvalue weighted by Crippen LogP contribution is 2.23. The van der Waals surface area contributed by atoms with Gasteiger partial charge in [0.25, 0.3) is 0 Å². The summed E-state index contributed by atoms with van der Waals surface area (Å²) in [5.41, 5.74) is -0.363. The number of sulfonamides is 1. The van der Waals surface area contributed by atoms with Gasteiger partial charge in [0.05, 0.1) is 18.5 Å². The highest BCUT2D eigenvalue weighted by atomic mass is 32.2. The number of carbonyl (C=O) groups excluding carboxylic acids is 1. The molecule has 2 saturated heterocycles. The minimum atomic E-state index is -3.09. The van der Waals surface area contributed by atoms with Gasteiger partial charge in [0, 0.05) is 13.1 Å². The van der Waals surface area contributed by atoms with Crippen LogP contribution < -0.4 is 10.6 Å². The molecule has 86 valence electrons. The molecule has 2 rings (SSSR count). The van der Waals surface area contributed by atoms with Crippen molar-refractivity contribution < 1.29 is 13.2 Å². The van der Waals surface area contributed by atoms with Crippen LogP contribution >= 0.6 is 0 Å². The summed E-state index contributed by atoms with van der Waals surface area (Å²) >= 11 is 0. The zero-order valence-electron chi connectivity index (χ0n) is 8.62. The summed E-state index contributed by atoms with van der Waals surface area (Å²) in [5, 5.41) is 5.98. The summed E-state index contributed by atoms with van der Waals surface area (Å²) in [4.78, 5) is 11.1. The molecule has 15 heavy (non-hydrogen) atoms. The first kappa shape index (κ1) is 10.8. The topological polar surface area (TPSA) is 78.5 Å².